The van der Waals surface area contributed by atoms with Crippen molar-refractivity contribution in [3.8, 4) is 17.6 Å². The number of halogens is 1. The first-order chi connectivity index (χ1) is 17.2. The third kappa shape index (κ3) is 6.46. The highest BCUT2D eigenvalue weighted by atomic mass is 35.5. The quantitative estimate of drug-likeness (QED) is 0.103. The van der Waals surface area contributed by atoms with Crippen molar-refractivity contribution in [1.29, 1.82) is 5.26 Å². The molecule has 0 unspecified atom stereocenters. The summed E-state index contributed by atoms with van der Waals surface area (Å²) < 4.78 is 11.1. The lowest BCUT2D eigenvalue weighted by molar-refractivity contribution is -0.384. The van der Waals surface area contributed by atoms with Crippen molar-refractivity contribution in [2.45, 2.75) is 13.8 Å². The van der Waals surface area contributed by atoms with E-state index in [4.69, 9.17) is 21.1 Å². The molecule has 10 heteroatoms. The summed E-state index contributed by atoms with van der Waals surface area (Å²) in [4.78, 5) is 35.5. The van der Waals surface area contributed by atoms with Crippen LogP contribution in [-0.2, 0) is 4.79 Å². The van der Waals surface area contributed by atoms with Crippen LogP contribution in [0, 0.1) is 28.4 Å². The summed E-state index contributed by atoms with van der Waals surface area (Å²) in [5.41, 5.74) is 1.27. The van der Waals surface area contributed by atoms with Gasteiger partial charge in [-0.05, 0) is 61.9 Å². The van der Waals surface area contributed by atoms with E-state index in [1.54, 1.807) is 43.3 Å². The average molecular weight is 506 g/mol. The number of benzene rings is 3. The number of nitro benzene ring substituents is 1. The SMILES string of the molecule is CCOc1cc(/C=C(\C#N)C(=O)Nc2ccc(Cl)c([N+](=O)[O-])c2)ccc1OC(=O)c1ccc(C)cc1. The van der Waals surface area contributed by atoms with Crippen LogP contribution in [0.5, 0.6) is 11.5 Å². The van der Waals surface area contributed by atoms with Crippen LogP contribution in [0.2, 0.25) is 5.02 Å². The van der Waals surface area contributed by atoms with Crippen LogP contribution in [0.15, 0.2) is 66.2 Å². The number of carbonyl (C=O) groups is 2. The van der Waals surface area contributed by atoms with Crippen molar-refractivity contribution in [3.05, 3.63) is 98.1 Å². The highest BCUT2D eigenvalue weighted by Gasteiger charge is 2.17. The van der Waals surface area contributed by atoms with Crippen molar-refractivity contribution in [2.24, 2.45) is 0 Å². The van der Waals surface area contributed by atoms with E-state index in [9.17, 15) is 25.0 Å². The van der Waals surface area contributed by atoms with Gasteiger partial charge in [-0.15, -0.1) is 0 Å². The van der Waals surface area contributed by atoms with Crippen molar-refractivity contribution in [3.63, 3.8) is 0 Å². The fourth-order valence-electron chi connectivity index (χ4n) is 3.06. The summed E-state index contributed by atoms with van der Waals surface area (Å²) in [6.07, 6.45) is 1.31. The first kappa shape index (κ1) is 25.9. The minimum Gasteiger partial charge on any atom is -0.490 e. The van der Waals surface area contributed by atoms with Crippen molar-refractivity contribution >= 4 is 40.9 Å². The molecule has 3 rings (SSSR count). The van der Waals surface area contributed by atoms with Gasteiger partial charge < -0.3 is 14.8 Å². The lowest BCUT2D eigenvalue weighted by atomic mass is 10.1. The second-order valence-corrected chi connectivity index (χ2v) is 7.85. The Hall–Kier alpha value is -4.68. The first-order valence-corrected chi connectivity index (χ1v) is 11.0. The molecular formula is C26H20ClN3O6. The predicted octanol–water partition coefficient (Wildman–Crippen LogP) is 5.72. The molecule has 0 saturated heterocycles. The number of nitro groups is 1. The van der Waals surface area contributed by atoms with E-state index in [2.05, 4.69) is 5.32 Å². The summed E-state index contributed by atoms with van der Waals surface area (Å²) in [6.45, 7) is 3.94. The van der Waals surface area contributed by atoms with Crippen LogP contribution < -0.4 is 14.8 Å². The Kier molecular flexibility index (Phi) is 8.39. The van der Waals surface area contributed by atoms with Crippen LogP contribution in [0.3, 0.4) is 0 Å². The standard InChI is InChI=1S/C26H20ClN3O6/c1-3-35-24-13-17(6-11-23(24)36-26(32)18-7-4-16(2)5-8-18)12-19(15-28)25(31)29-20-9-10-21(27)22(14-20)30(33)34/h4-14H,3H2,1-2H3,(H,29,31)/b19-12+. The van der Waals surface area contributed by atoms with Crippen LogP contribution in [0.25, 0.3) is 6.08 Å². The first-order valence-electron chi connectivity index (χ1n) is 10.6. The number of hydrogen-bond donors (Lipinski definition) is 1. The van der Waals surface area contributed by atoms with E-state index in [1.165, 1.54) is 30.3 Å². The molecule has 0 atom stereocenters. The van der Waals surface area contributed by atoms with Gasteiger partial charge in [0.1, 0.15) is 16.7 Å². The van der Waals surface area contributed by atoms with E-state index in [0.29, 0.717) is 11.1 Å². The molecule has 3 aromatic rings. The lowest BCUT2D eigenvalue weighted by Crippen LogP contribution is -2.13. The number of amides is 1. The van der Waals surface area contributed by atoms with Gasteiger partial charge in [-0.25, -0.2) is 4.79 Å². The molecule has 0 fully saturated rings. The third-order valence-corrected chi connectivity index (χ3v) is 5.15. The molecule has 36 heavy (non-hydrogen) atoms. The molecule has 9 nitrogen and oxygen atoms in total. The molecule has 1 amide bonds. The maximum absolute atomic E-state index is 12.6. The van der Waals surface area contributed by atoms with E-state index in [1.807, 2.05) is 6.92 Å². The number of ether oxygens (including phenoxy) is 2. The zero-order chi connectivity index (χ0) is 26.2. The minimum absolute atomic E-state index is 0.0827. The minimum atomic E-state index is -0.776. The summed E-state index contributed by atoms with van der Waals surface area (Å²) in [7, 11) is 0. The van der Waals surface area contributed by atoms with Crippen LogP contribution in [0.4, 0.5) is 11.4 Å². The van der Waals surface area contributed by atoms with E-state index in [0.717, 1.165) is 11.6 Å². The normalized spacial score (nSPS) is 10.8. The second-order valence-electron chi connectivity index (χ2n) is 7.44. The number of nitrogens with zero attached hydrogens (tertiary/aromatic N) is 2. The zero-order valence-corrected chi connectivity index (χ0v) is 20.0. The van der Waals surface area contributed by atoms with Gasteiger partial charge in [0, 0.05) is 11.8 Å². The highest BCUT2D eigenvalue weighted by Crippen LogP contribution is 2.31. The van der Waals surface area contributed by atoms with Crippen molar-refractivity contribution < 1.29 is 24.0 Å². The van der Waals surface area contributed by atoms with Crippen molar-refractivity contribution in [2.75, 3.05) is 11.9 Å². The van der Waals surface area contributed by atoms with Gasteiger partial charge in [-0.1, -0.05) is 35.4 Å². The smallest absolute Gasteiger partial charge is 0.343 e. The number of aryl methyl sites for hydroxylation is 1. The molecule has 0 aliphatic carbocycles. The summed E-state index contributed by atoms with van der Waals surface area (Å²) in [5.74, 6) is -0.913. The molecule has 0 aromatic heterocycles. The number of nitriles is 1. The molecule has 0 bridgehead atoms. The number of nitrogens with one attached hydrogen (secondary N) is 1. The van der Waals surface area contributed by atoms with Crippen molar-refractivity contribution in [1.82, 2.24) is 0 Å². The molecule has 0 aliphatic heterocycles. The molecule has 0 radical (unpaired) electrons. The molecular weight excluding hydrogens is 486 g/mol. The number of anilines is 1. The van der Waals surface area contributed by atoms with Gasteiger partial charge in [0.2, 0.25) is 0 Å². The molecule has 0 spiro atoms. The second kappa shape index (κ2) is 11.6. The summed E-state index contributed by atoms with van der Waals surface area (Å²) >= 11 is 5.79. The van der Waals surface area contributed by atoms with E-state index in [-0.39, 0.29) is 40.1 Å². The Morgan fingerprint density at radius 3 is 2.47 bits per heavy atom. The van der Waals surface area contributed by atoms with Crippen LogP contribution >= 0.6 is 11.6 Å². The Bertz CT molecular complexity index is 1390. The Morgan fingerprint density at radius 1 is 1.11 bits per heavy atom. The number of esters is 1. The number of carbonyl (C=O) groups excluding carboxylic acids is 2. The molecule has 1 N–H and O–H groups in total. The highest BCUT2D eigenvalue weighted by molar-refractivity contribution is 6.32. The number of hydrogen-bond acceptors (Lipinski definition) is 7. The molecule has 182 valence electrons. The molecule has 0 saturated carbocycles. The van der Waals surface area contributed by atoms with Gasteiger partial charge in [0.05, 0.1) is 17.1 Å². The molecule has 3 aromatic carbocycles. The molecule has 0 aliphatic rings. The Labute approximate surface area is 211 Å². The van der Waals surface area contributed by atoms with Gasteiger partial charge in [-0.3, -0.25) is 14.9 Å². The van der Waals surface area contributed by atoms with Gasteiger partial charge in [0.25, 0.3) is 11.6 Å². The molecule has 0 heterocycles. The van der Waals surface area contributed by atoms with E-state index < -0.39 is 16.8 Å². The summed E-state index contributed by atoms with van der Waals surface area (Å²) in [5, 5.41) is 22.9. The predicted molar refractivity (Wildman–Crippen MR) is 134 cm³/mol. The lowest BCUT2D eigenvalue weighted by Gasteiger charge is -2.12. The zero-order valence-electron chi connectivity index (χ0n) is 19.3. The van der Waals surface area contributed by atoms with Crippen LogP contribution in [0.1, 0.15) is 28.4 Å². The maximum Gasteiger partial charge on any atom is 0.343 e. The maximum atomic E-state index is 12.6. The Morgan fingerprint density at radius 2 is 1.83 bits per heavy atom. The van der Waals surface area contributed by atoms with Gasteiger partial charge in [0.15, 0.2) is 11.5 Å². The Balaban J connectivity index is 1.83. The van der Waals surface area contributed by atoms with Gasteiger partial charge >= 0.3 is 5.97 Å². The van der Waals surface area contributed by atoms with E-state index >= 15 is 0 Å². The largest absolute Gasteiger partial charge is 0.490 e. The fourth-order valence-corrected chi connectivity index (χ4v) is 3.25. The monoisotopic (exact) mass is 505 g/mol. The van der Waals surface area contributed by atoms with Crippen LogP contribution in [-0.4, -0.2) is 23.4 Å². The summed E-state index contributed by atoms with van der Waals surface area (Å²) in [6, 6.07) is 17.0. The fraction of sp³-hybridized carbons (Fsp3) is 0.115. The van der Waals surface area contributed by atoms with Gasteiger partial charge in [-0.2, -0.15) is 5.26 Å². The third-order valence-electron chi connectivity index (χ3n) is 4.83. The topological polar surface area (TPSA) is 132 Å². The number of rotatable bonds is 8. The average Bonchev–Trinajstić information content (AvgIpc) is 2.85.